The van der Waals surface area contributed by atoms with Gasteiger partial charge in [0, 0.05) is 17.7 Å². The lowest BCUT2D eigenvalue weighted by atomic mass is 9.89. The highest BCUT2D eigenvalue weighted by atomic mass is 16.7. The van der Waals surface area contributed by atoms with E-state index in [-0.39, 0.29) is 28.4 Å². The maximum Gasteiger partial charge on any atom is 0.197 e. The summed E-state index contributed by atoms with van der Waals surface area (Å²) >= 11 is 0. The average Bonchev–Trinajstić information content (AvgIpc) is 2.97. The fraction of sp³-hybridized carbons (Fsp3) is 0.464. The van der Waals surface area contributed by atoms with Crippen LogP contribution in [-0.4, -0.2) is 115 Å². The monoisotopic (exact) mass is 608 g/mol. The molecule has 2 fully saturated rings. The minimum Gasteiger partial charge on any atom is -0.507 e. The molecule has 1 aromatic heterocycles. The Morgan fingerprint density at radius 3 is 2.21 bits per heavy atom. The standard InChI is InChI=1S/C28H32O15/c1-9-20(34)21(35)24(38)28(40-9)43-25-17(8-29)42-27(23(37)22(25)36)19-13(32)6-12(31)18-14(33)7-16(41-26(18)19)10-3-4-15(39-2)11(30)5-10/h3-7,9,17,20-25,27-32,34-38H,8H2,1-2H3/t9?,17?,20-,21?,22+,23?,24-,25+,27-,28-/m0/s1. The van der Waals surface area contributed by atoms with Crippen molar-refractivity contribution in [2.24, 2.45) is 0 Å². The van der Waals surface area contributed by atoms with Gasteiger partial charge in [0.25, 0.3) is 0 Å². The van der Waals surface area contributed by atoms with E-state index < -0.39 is 95.7 Å². The molecule has 0 saturated carbocycles. The van der Waals surface area contributed by atoms with Gasteiger partial charge >= 0.3 is 0 Å². The van der Waals surface area contributed by atoms with E-state index in [0.29, 0.717) is 0 Å². The van der Waals surface area contributed by atoms with Crippen LogP contribution < -0.4 is 10.2 Å². The predicted molar refractivity (Wildman–Crippen MR) is 143 cm³/mol. The van der Waals surface area contributed by atoms with Gasteiger partial charge in [0.15, 0.2) is 28.8 Å². The molecular weight excluding hydrogens is 576 g/mol. The number of aliphatic hydroxyl groups is 6. The summed E-state index contributed by atoms with van der Waals surface area (Å²) in [6.45, 7) is 0.595. The molecule has 3 aromatic rings. The Labute approximate surface area is 242 Å². The molecule has 0 amide bonds. The molecule has 0 bridgehead atoms. The highest BCUT2D eigenvalue weighted by Gasteiger charge is 2.51. The zero-order chi connectivity index (χ0) is 31.3. The number of benzene rings is 2. The number of aliphatic hydroxyl groups excluding tert-OH is 6. The van der Waals surface area contributed by atoms with Crippen molar-refractivity contribution < 1.29 is 69.3 Å². The fourth-order valence-electron chi connectivity index (χ4n) is 5.36. The third kappa shape index (κ3) is 5.39. The second kappa shape index (κ2) is 11.9. The van der Waals surface area contributed by atoms with Gasteiger partial charge in [-0.3, -0.25) is 4.79 Å². The number of rotatable bonds is 6. The SMILES string of the molecule is COc1ccc(-c2cc(=O)c3c(O)cc(O)c([C@@H]4OC(CO)[C@@H](O[C@@H]5OC(C)[C@H](O)C(O)[C@@H]5O)[C@H](O)C4O)c3o2)cc1O. The topological polar surface area (TPSA) is 249 Å². The highest BCUT2D eigenvalue weighted by Crippen LogP contribution is 2.44. The summed E-state index contributed by atoms with van der Waals surface area (Å²) in [4.78, 5) is 13.1. The van der Waals surface area contributed by atoms with Crippen molar-refractivity contribution in [3.63, 3.8) is 0 Å². The molecule has 4 unspecified atom stereocenters. The number of hydrogen-bond donors (Lipinski definition) is 9. The first-order chi connectivity index (χ1) is 20.4. The van der Waals surface area contributed by atoms with Crippen molar-refractivity contribution in [3.05, 3.63) is 46.1 Å². The van der Waals surface area contributed by atoms with E-state index in [4.69, 9.17) is 23.4 Å². The summed E-state index contributed by atoms with van der Waals surface area (Å²) in [5.41, 5.74) is -1.31. The van der Waals surface area contributed by atoms with Crippen molar-refractivity contribution in [3.8, 4) is 34.3 Å². The predicted octanol–water partition coefficient (Wildman–Crippen LogP) is -1.05. The summed E-state index contributed by atoms with van der Waals surface area (Å²) < 4.78 is 27.8. The van der Waals surface area contributed by atoms with Gasteiger partial charge in [-0.15, -0.1) is 0 Å². The molecule has 2 aliphatic heterocycles. The molecule has 10 atom stereocenters. The van der Waals surface area contributed by atoms with E-state index in [1.54, 1.807) is 0 Å². The third-order valence-electron chi connectivity index (χ3n) is 7.71. The first-order valence-corrected chi connectivity index (χ1v) is 13.3. The van der Waals surface area contributed by atoms with Crippen LogP contribution in [0, 0.1) is 0 Å². The first kappa shape index (κ1) is 30.9. The lowest BCUT2D eigenvalue weighted by molar-refractivity contribution is -0.338. The average molecular weight is 609 g/mol. The van der Waals surface area contributed by atoms with Crippen LogP contribution in [-0.2, 0) is 14.2 Å². The van der Waals surface area contributed by atoms with Crippen molar-refractivity contribution in [1.82, 2.24) is 0 Å². The Bertz CT molecular complexity index is 1540. The molecule has 3 heterocycles. The number of phenolic OH excluding ortho intramolecular Hbond substituents is 3. The lowest BCUT2D eigenvalue weighted by Crippen LogP contribution is -2.62. The fourth-order valence-corrected chi connectivity index (χ4v) is 5.36. The van der Waals surface area contributed by atoms with Crippen LogP contribution in [0.5, 0.6) is 23.0 Å². The quantitative estimate of drug-likeness (QED) is 0.162. The second-order valence-corrected chi connectivity index (χ2v) is 10.4. The summed E-state index contributed by atoms with van der Waals surface area (Å²) in [6.07, 6.45) is -15.9. The first-order valence-electron chi connectivity index (χ1n) is 13.3. The number of phenols is 3. The van der Waals surface area contributed by atoms with Gasteiger partial charge in [0.1, 0.15) is 71.5 Å². The molecule has 5 rings (SSSR count). The molecule has 15 nitrogen and oxygen atoms in total. The van der Waals surface area contributed by atoms with Crippen LogP contribution in [0.15, 0.2) is 39.5 Å². The van der Waals surface area contributed by atoms with E-state index in [1.807, 2.05) is 0 Å². The van der Waals surface area contributed by atoms with Gasteiger partial charge in [0.2, 0.25) is 0 Å². The molecule has 2 aromatic carbocycles. The maximum atomic E-state index is 13.1. The van der Waals surface area contributed by atoms with Crippen LogP contribution in [0.3, 0.4) is 0 Å². The molecule has 0 aliphatic carbocycles. The molecule has 2 aliphatic rings. The van der Waals surface area contributed by atoms with Crippen molar-refractivity contribution in [1.29, 1.82) is 0 Å². The Balaban J connectivity index is 1.54. The summed E-state index contributed by atoms with van der Waals surface area (Å²) in [5, 5.41) is 93.9. The molecule has 234 valence electrons. The normalized spacial score (nSPS) is 33.0. The van der Waals surface area contributed by atoms with E-state index in [9.17, 15) is 50.8 Å². The molecule has 0 radical (unpaired) electrons. The minimum absolute atomic E-state index is 0.106. The Hall–Kier alpha value is -3.51. The van der Waals surface area contributed by atoms with Gasteiger partial charge in [-0.2, -0.15) is 0 Å². The lowest BCUT2D eigenvalue weighted by Gasteiger charge is -2.46. The molecule has 0 spiro atoms. The summed E-state index contributed by atoms with van der Waals surface area (Å²) in [6, 6.07) is 6.01. The smallest absolute Gasteiger partial charge is 0.197 e. The van der Waals surface area contributed by atoms with Crippen molar-refractivity contribution in [2.75, 3.05) is 13.7 Å². The molecule has 9 N–H and O–H groups in total. The van der Waals surface area contributed by atoms with Gasteiger partial charge in [-0.1, -0.05) is 0 Å². The Morgan fingerprint density at radius 1 is 0.837 bits per heavy atom. The second-order valence-electron chi connectivity index (χ2n) is 10.4. The van der Waals surface area contributed by atoms with Crippen LogP contribution >= 0.6 is 0 Å². The zero-order valence-corrected chi connectivity index (χ0v) is 22.8. The van der Waals surface area contributed by atoms with Gasteiger partial charge in [-0.25, -0.2) is 0 Å². The van der Waals surface area contributed by atoms with E-state index in [2.05, 4.69) is 0 Å². The zero-order valence-electron chi connectivity index (χ0n) is 22.8. The molecular formula is C28H32O15. The summed E-state index contributed by atoms with van der Waals surface area (Å²) in [5.74, 6) is -1.57. The van der Waals surface area contributed by atoms with Crippen LogP contribution in [0.2, 0.25) is 0 Å². The van der Waals surface area contributed by atoms with Gasteiger partial charge in [0.05, 0.1) is 25.4 Å². The Morgan fingerprint density at radius 2 is 1.56 bits per heavy atom. The highest BCUT2D eigenvalue weighted by molar-refractivity contribution is 5.89. The number of hydrogen-bond acceptors (Lipinski definition) is 15. The number of methoxy groups -OCH3 is 1. The summed E-state index contributed by atoms with van der Waals surface area (Å²) in [7, 11) is 1.35. The third-order valence-corrected chi connectivity index (χ3v) is 7.71. The van der Waals surface area contributed by atoms with Crippen LogP contribution in [0.1, 0.15) is 18.6 Å². The van der Waals surface area contributed by atoms with E-state index in [1.165, 1.54) is 32.2 Å². The largest absolute Gasteiger partial charge is 0.507 e. The minimum atomic E-state index is -1.92. The van der Waals surface area contributed by atoms with Crippen LogP contribution in [0.25, 0.3) is 22.3 Å². The van der Waals surface area contributed by atoms with Crippen molar-refractivity contribution >= 4 is 11.0 Å². The van der Waals surface area contributed by atoms with Crippen molar-refractivity contribution in [2.45, 2.75) is 68.1 Å². The number of aromatic hydroxyl groups is 3. The molecule has 2 saturated heterocycles. The van der Waals surface area contributed by atoms with E-state index in [0.717, 1.165) is 12.1 Å². The van der Waals surface area contributed by atoms with E-state index >= 15 is 0 Å². The van der Waals surface area contributed by atoms with Gasteiger partial charge < -0.3 is 69.3 Å². The van der Waals surface area contributed by atoms with Crippen LogP contribution in [0.4, 0.5) is 0 Å². The molecule has 15 heteroatoms. The Kier molecular flexibility index (Phi) is 8.54. The van der Waals surface area contributed by atoms with Gasteiger partial charge in [-0.05, 0) is 25.1 Å². The maximum absolute atomic E-state index is 13.1. The molecule has 43 heavy (non-hydrogen) atoms. The number of ether oxygens (including phenoxy) is 4. The number of fused-ring (bicyclic) bond motifs is 1.